The second-order valence-electron chi connectivity index (χ2n) is 7.12. The topological polar surface area (TPSA) is 63.2 Å². The lowest BCUT2D eigenvalue weighted by Crippen LogP contribution is -2.41. The van der Waals surface area contributed by atoms with E-state index in [0.29, 0.717) is 11.5 Å². The van der Waals surface area contributed by atoms with E-state index >= 15 is 0 Å². The molecule has 1 saturated heterocycles. The molecule has 25 heavy (non-hydrogen) atoms. The van der Waals surface area contributed by atoms with Crippen LogP contribution in [0.4, 0.5) is 0 Å². The number of hydrogen-bond acceptors (Lipinski definition) is 6. The largest absolute Gasteiger partial charge is 0.497 e. The number of benzene rings is 1. The molecule has 0 spiro atoms. The van der Waals surface area contributed by atoms with Gasteiger partial charge in [0.25, 0.3) is 0 Å². The molecule has 1 aromatic rings. The van der Waals surface area contributed by atoms with Crippen LogP contribution in [0.3, 0.4) is 0 Å². The Labute approximate surface area is 149 Å². The Bertz CT molecular complexity index is 612. The van der Waals surface area contributed by atoms with Gasteiger partial charge in [-0.3, -0.25) is 4.79 Å². The van der Waals surface area contributed by atoms with Crippen molar-refractivity contribution in [1.29, 1.82) is 0 Å². The van der Waals surface area contributed by atoms with Gasteiger partial charge < -0.3 is 23.5 Å². The summed E-state index contributed by atoms with van der Waals surface area (Å²) in [5.41, 5.74) is -0.176. The summed E-state index contributed by atoms with van der Waals surface area (Å²) < 4.78 is 28.0. The lowest BCUT2D eigenvalue weighted by molar-refractivity contribution is -0.140. The fourth-order valence-corrected chi connectivity index (χ4v) is 2.79. The molecular weight excluding hydrogens is 323 g/mol. The minimum atomic E-state index is -0.591. The van der Waals surface area contributed by atoms with E-state index in [1.165, 1.54) is 7.11 Å². The molecule has 1 fully saturated rings. The zero-order valence-corrected chi connectivity index (χ0v) is 16.0. The average molecular weight is 350 g/mol. The molecule has 2 rings (SSSR count). The molecule has 0 amide bonds. The highest BCUT2D eigenvalue weighted by Crippen LogP contribution is 2.44. The van der Waals surface area contributed by atoms with E-state index in [0.717, 1.165) is 5.56 Å². The fourth-order valence-electron chi connectivity index (χ4n) is 2.79. The van der Waals surface area contributed by atoms with Gasteiger partial charge in [0.1, 0.15) is 11.5 Å². The molecule has 7 heteroatoms. The van der Waals surface area contributed by atoms with Gasteiger partial charge >= 0.3 is 13.1 Å². The molecule has 0 aliphatic carbocycles. The van der Waals surface area contributed by atoms with Gasteiger partial charge in [-0.15, -0.1) is 0 Å². The second kappa shape index (κ2) is 7.26. The number of rotatable bonds is 6. The number of carbonyl (C=O) groups is 1. The van der Waals surface area contributed by atoms with Crippen LogP contribution in [0.15, 0.2) is 18.2 Å². The first-order chi connectivity index (χ1) is 11.6. The van der Waals surface area contributed by atoms with Gasteiger partial charge in [0.15, 0.2) is 0 Å². The molecular formula is C18H27BO6. The molecule has 1 aliphatic heterocycles. The Morgan fingerprint density at radius 3 is 2.16 bits per heavy atom. The van der Waals surface area contributed by atoms with Crippen LogP contribution in [0.25, 0.3) is 0 Å². The maximum absolute atomic E-state index is 12.0. The summed E-state index contributed by atoms with van der Waals surface area (Å²) in [5, 5.41) is 0. The quantitative estimate of drug-likeness (QED) is 0.581. The van der Waals surface area contributed by atoms with E-state index in [-0.39, 0.29) is 18.2 Å². The fraction of sp³-hybridized carbons (Fsp3) is 0.611. The molecule has 0 saturated carbocycles. The first-order valence-electron chi connectivity index (χ1n) is 8.29. The lowest BCUT2D eigenvalue weighted by Gasteiger charge is -2.32. The van der Waals surface area contributed by atoms with Crippen molar-refractivity contribution in [2.75, 3.05) is 21.3 Å². The van der Waals surface area contributed by atoms with Crippen molar-refractivity contribution in [1.82, 2.24) is 0 Å². The number of methoxy groups -OCH3 is 3. The molecule has 1 atom stereocenters. The van der Waals surface area contributed by atoms with Crippen molar-refractivity contribution in [3.05, 3.63) is 23.8 Å². The second-order valence-corrected chi connectivity index (χ2v) is 7.12. The van der Waals surface area contributed by atoms with Crippen molar-refractivity contribution < 1.29 is 28.3 Å². The third kappa shape index (κ3) is 3.93. The van der Waals surface area contributed by atoms with Gasteiger partial charge in [0.05, 0.1) is 39.0 Å². The van der Waals surface area contributed by atoms with E-state index in [1.54, 1.807) is 20.3 Å². The molecule has 0 N–H and O–H groups in total. The van der Waals surface area contributed by atoms with Crippen molar-refractivity contribution in [3.8, 4) is 11.5 Å². The molecule has 1 aromatic carbocycles. The summed E-state index contributed by atoms with van der Waals surface area (Å²) in [7, 11) is 3.95. The number of ether oxygens (including phenoxy) is 3. The summed E-state index contributed by atoms with van der Waals surface area (Å²) >= 11 is 0. The minimum Gasteiger partial charge on any atom is -0.497 e. The summed E-state index contributed by atoms with van der Waals surface area (Å²) in [5.74, 6) is 0.584. The van der Waals surface area contributed by atoms with Gasteiger partial charge in [0.2, 0.25) is 0 Å². The zero-order chi connectivity index (χ0) is 18.8. The van der Waals surface area contributed by atoms with Crippen molar-refractivity contribution >= 4 is 13.1 Å². The highest BCUT2D eigenvalue weighted by Gasteiger charge is 2.54. The van der Waals surface area contributed by atoms with E-state index in [9.17, 15) is 4.79 Å². The Kier molecular flexibility index (Phi) is 5.69. The van der Waals surface area contributed by atoms with E-state index in [4.69, 9.17) is 23.5 Å². The van der Waals surface area contributed by atoms with Gasteiger partial charge in [-0.1, -0.05) is 6.07 Å². The summed E-state index contributed by atoms with van der Waals surface area (Å²) in [4.78, 5) is 12.0. The van der Waals surface area contributed by atoms with Crippen LogP contribution in [0.5, 0.6) is 11.5 Å². The zero-order valence-electron chi connectivity index (χ0n) is 16.0. The third-order valence-electron chi connectivity index (χ3n) is 5.05. The smallest absolute Gasteiger partial charge is 0.466 e. The van der Waals surface area contributed by atoms with Gasteiger partial charge in [-0.25, -0.2) is 0 Å². The molecule has 0 bridgehead atoms. The standard InChI is InChI=1S/C18H27BO6/c1-17(2)18(3,4)25-19(24-17)14(11-16(20)23-7)13-9-8-12(21-5)10-15(13)22-6/h8-10,14H,11H2,1-7H3. The molecule has 6 nitrogen and oxygen atoms in total. The molecule has 1 aliphatic rings. The predicted octanol–water partition coefficient (Wildman–Crippen LogP) is 2.98. The van der Waals surface area contributed by atoms with Crippen LogP contribution in [-0.4, -0.2) is 45.6 Å². The molecule has 1 unspecified atom stereocenters. The molecule has 1 heterocycles. The summed E-state index contributed by atoms with van der Waals surface area (Å²) in [6, 6.07) is 5.48. The van der Waals surface area contributed by atoms with Gasteiger partial charge in [0, 0.05) is 11.9 Å². The van der Waals surface area contributed by atoms with E-state index in [2.05, 4.69) is 0 Å². The Morgan fingerprint density at radius 2 is 1.68 bits per heavy atom. The molecule has 138 valence electrons. The molecule has 0 radical (unpaired) electrons. The summed E-state index contributed by atoms with van der Waals surface area (Å²) in [6.07, 6.45) is 0.121. The van der Waals surface area contributed by atoms with Crippen LogP contribution in [0, 0.1) is 0 Å². The van der Waals surface area contributed by atoms with Crippen molar-refractivity contribution in [2.24, 2.45) is 0 Å². The monoisotopic (exact) mass is 350 g/mol. The SMILES string of the molecule is COC(=O)CC(B1OC(C)(C)C(C)(C)O1)c1ccc(OC)cc1OC. The Morgan fingerprint density at radius 1 is 1.08 bits per heavy atom. The highest BCUT2D eigenvalue weighted by molar-refractivity contribution is 6.48. The normalized spacial score (nSPS) is 19.4. The summed E-state index contributed by atoms with van der Waals surface area (Å²) in [6.45, 7) is 7.92. The first-order valence-corrected chi connectivity index (χ1v) is 8.29. The number of carbonyl (C=O) groups excluding carboxylic acids is 1. The van der Waals surface area contributed by atoms with Crippen LogP contribution in [-0.2, 0) is 18.8 Å². The number of hydrogen-bond donors (Lipinski definition) is 0. The third-order valence-corrected chi connectivity index (χ3v) is 5.05. The van der Waals surface area contributed by atoms with Crippen LogP contribution in [0.1, 0.15) is 45.5 Å². The molecule has 0 aromatic heterocycles. The number of esters is 1. The van der Waals surface area contributed by atoms with Crippen molar-refractivity contribution in [3.63, 3.8) is 0 Å². The first kappa shape index (κ1) is 19.6. The Hall–Kier alpha value is -1.73. The maximum atomic E-state index is 12.0. The lowest BCUT2D eigenvalue weighted by atomic mass is 9.66. The highest BCUT2D eigenvalue weighted by atomic mass is 16.7. The predicted molar refractivity (Wildman–Crippen MR) is 95.0 cm³/mol. The maximum Gasteiger partial charge on any atom is 0.466 e. The van der Waals surface area contributed by atoms with Gasteiger partial charge in [-0.2, -0.15) is 0 Å². The van der Waals surface area contributed by atoms with Crippen molar-refractivity contribution in [2.45, 2.75) is 51.1 Å². The van der Waals surface area contributed by atoms with Gasteiger partial charge in [-0.05, 0) is 39.3 Å². The minimum absolute atomic E-state index is 0.121. The van der Waals surface area contributed by atoms with E-state index < -0.39 is 18.3 Å². The van der Waals surface area contributed by atoms with Crippen LogP contribution in [0.2, 0.25) is 0 Å². The van der Waals surface area contributed by atoms with Crippen LogP contribution < -0.4 is 9.47 Å². The average Bonchev–Trinajstić information content (AvgIpc) is 2.79. The van der Waals surface area contributed by atoms with E-state index in [1.807, 2.05) is 39.8 Å². The van der Waals surface area contributed by atoms with Crippen LogP contribution >= 0.6 is 0 Å². The Balaban J connectivity index is 2.43.